The number of nitrogens with one attached hydrogen (secondary N) is 1. The Kier molecular flexibility index (Phi) is 6.27. The number of anilines is 1. The van der Waals surface area contributed by atoms with Crippen molar-refractivity contribution >= 4 is 5.69 Å². The molecular formula is C21H30N2O. The van der Waals surface area contributed by atoms with Crippen LogP contribution in [0.25, 0.3) is 0 Å². The third-order valence-electron chi connectivity index (χ3n) is 3.68. The van der Waals surface area contributed by atoms with Crippen LogP contribution in [0.2, 0.25) is 0 Å². The number of benzene rings is 2. The predicted octanol–water partition coefficient (Wildman–Crippen LogP) is 4.97. The Labute approximate surface area is 146 Å². The predicted molar refractivity (Wildman–Crippen MR) is 103 cm³/mol. The summed E-state index contributed by atoms with van der Waals surface area (Å²) < 4.78 is 6.44. The van der Waals surface area contributed by atoms with Crippen molar-refractivity contribution in [3.8, 4) is 5.75 Å². The summed E-state index contributed by atoms with van der Waals surface area (Å²) in [6, 6.07) is 18.6. The molecule has 2 aromatic carbocycles. The van der Waals surface area contributed by atoms with Gasteiger partial charge in [0.05, 0.1) is 5.69 Å². The number of hydrogen-bond acceptors (Lipinski definition) is 3. The SMILES string of the molecule is CN(C)CC[C@@H](Oc1ccccc1NC(C)(C)C)c1ccccc1. The van der Waals surface area contributed by atoms with Gasteiger partial charge in [-0.1, -0.05) is 42.5 Å². The van der Waals surface area contributed by atoms with E-state index in [-0.39, 0.29) is 11.6 Å². The fraction of sp³-hybridized carbons (Fsp3) is 0.429. The van der Waals surface area contributed by atoms with Gasteiger partial charge in [-0.2, -0.15) is 0 Å². The number of ether oxygens (including phenoxy) is 1. The van der Waals surface area contributed by atoms with E-state index in [0.717, 1.165) is 24.4 Å². The second-order valence-electron chi connectivity index (χ2n) is 7.48. The maximum atomic E-state index is 6.44. The second-order valence-corrected chi connectivity index (χ2v) is 7.48. The molecule has 1 atom stereocenters. The van der Waals surface area contributed by atoms with E-state index in [0.29, 0.717) is 0 Å². The molecule has 0 aliphatic rings. The van der Waals surface area contributed by atoms with Crippen LogP contribution in [0.5, 0.6) is 5.75 Å². The van der Waals surface area contributed by atoms with E-state index >= 15 is 0 Å². The topological polar surface area (TPSA) is 24.5 Å². The average Bonchev–Trinajstić information content (AvgIpc) is 2.52. The Balaban J connectivity index is 2.23. The average molecular weight is 326 g/mol. The summed E-state index contributed by atoms with van der Waals surface area (Å²) in [5.74, 6) is 0.903. The first-order valence-corrected chi connectivity index (χ1v) is 8.59. The molecule has 0 radical (unpaired) electrons. The molecular weight excluding hydrogens is 296 g/mol. The van der Waals surface area contributed by atoms with Crippen LogP contribution in [0.1, 0.15) is 38.9 Å². The van der Waals surface area contributed by atoms with Crippen molar-refractivity contribution in [2.75, 3.05) is 26.0 Å². The minimum absolute atomic E-state index is 0.00859. The van der Waals surface area contributed by atoms with Crippen molar-refractivity contribution in [3.63, 3.8) is 0 Å². The van der Waals surface area contributed by atoms with E-state index < -0.39 is 0 Å². The molecule has 2 aromatic rings. The van der Waals surface area contributed by atoms with Crippen LogP contribution < -0.4 is 10.1 Å². The van der Waals surface area contributed by atoms with Gasteiger partial charge in [-0.3, -0.25) is 0 Å². The highest BCUT2D eigenvalue weighted by Gasteiger charge is 2.17. The van der Waals surface area contributed by atoms with Gasteiger partial charge >= 0.3 is 0 Å². The first-order valence-electron chi connectivity index (χ1n) is 8.59. The fourth-order valence-corrected chi connectivity index (χ4v) is 2.57. The quantitative estimate of drug-likeness (QED) is 0.777. The maximum Gasteiger partial charge on any atom is 0.143 e. The number of rotatable bonds is 7. The van der Waals surface area contributed by atoms with Crippen LogP contribution in [-0.4, -0.2) is 31.1 Å². The van der Waals surface area contributed by atoms with Crippen molar-refractivity contribution in [3.05, 3.63) is 60.2 Å². The Morgan fingerprint density at radius 3 is 2.21 bits per heavy atom. The molecule has 0 amide bonds. The van der Waals surface area contributed by atoms with Gasteiger partial charge in [-0.15, -0.1) is 0 Å². The highest BCUT2D eigenvalue weighted by molar-refractivity contribution is 5.57. The lowest BCUT2D eigenvalue weighted by molar-refractivity contribution is 0.180. The minimum Gasteiger partial charge on any atom is -0.484 e. The molecule has 0 aliphatic carbocycles. The lowest BCUT2D eigenvalue weighted by atomic mass is 10.1. The fourth-order valence-electron chi connectivity index (χ4n) is 2.57. The number of para-hydroxylation sites is 2. The first kappa shape index (κ1) is 18.3. The van der Waals surface area contributed by atoms with Crippen molar-refractivity contribution < 1.29 is 4.74 Å². The Morgan fingerprint density at radius 1 is 0.958 bits per heavy atom. The van der Waals surface area contributed by atoms with Crippen LogP contribution in [-0.2, 0) is 0 Å². The molecule has 1 N–H and O–H groups in total. The highest BCUT2D eigenvalue weighted by Crippen LogP contribution is 2.32. The number of hydrogen-bond donors (Lipinski definition) is 1. The van der Waals surface area contributed by atoms with Crippen LogP contribution in [0.4, 0.5) is 5.69 Å². The van der Waals surface area contributed by atoms with Gasteiger partial charge < -0.3 is 15.0 Å². The molecule has 0 bridgehead atoms. The molecule has 0 heterocycles. The zero-order chi connectivity index (χ0) is 17.6. The summed E-state index contributed by atoms with van der Waals surface area (Å²) in [6.07, 6.45) is 0.984. The van der Waals surface area contributed by atoms with Crippen LogP contribution >= 0.6 is 0 Å². The summed E-state index contributed by atoms with van der Waals surface area (Å²) in [6.45, 7) is 7.45. The Hall–Kier alpha value is -2.00. The zero-order valence-corrected chi connectivity index (χ0v) is 15.5. The third-order valence-corrected chi connectivity index (χ3v) is 3.68. The van der Waals surface area contributed by atoms with Gasteiger partial charge in [0.25, 0.3) is 0 Å². The molecule has 130 valence electrons. The molecule has 0 unspecified atom stereocenters. The summed E-state index contributed by atoms with van der Waals surface area (Å²) in [4.78, 5) is 2.19. The molecule has 3 nitrogen and oxygen atoms in total. The Bertz CT molecular complexity index is 617. The molecule has 0 fully saturated rings. The van der Waals surface area contributed by atoms with Crippen molar-refractivity contribution in [1.82, 2.24) is 4.90 Å². The standard InChI is InChI=1S/C21H30N2O/c1-21(2,3)22-18-13-9-10-14-20(18)24-19(15-16-23(4)5)17-11-7-6-8-12-17/h6-14,19,22H,15-16H2,1-5H3/t19-/m1/s1. The van der Waals surface area contributed by atoms with Crippen LogP contribution in [0.3, 0.4) is 0 Å². The van der Waals surface area contributed by atoms with E-state index in [1.54, 1.807) is 0 Å². The lowest BCUT2D eigenvalue weighted by Gasteiger charge is -2.27. The van der Waals surface area contributed by atoms with E-state index in [1.165, 1.54) is 5.56 Å². The van der Waals surface area contributed by atoms with Crippen LogP contribution in [0, 0.1) is 0 Å². The minimum atomic E-state index is -0.00859. The molecule has 3 heteroatoms. The Morgan fingerprint density at radius 2 is 1.58 bits per heavy atom. The molecule has 0 spiro atoms. The zero-order valence-electron chi connectivity index (χ0n) is 15.5. The van der Waals surface area contributed by atoms with Gasteiger partial charge in [0.15, 0.2) is 0 Å². The smallest absolute Gasteiger partial charge is 0.143 e. The van der Waals surface area contributed by atoms with Gasteiger partial charge in [0.2, 0.25) is 0 Å². The molecule has 24 heavy (non-hydrogen) atoms. The lowest BCUT2D eigenvalue weighted by Crippen LogP contribution is -2.26. The van der Waals surface area contributed by atoms with Gasteiger partial charge in [-0.05, 0) is 52.6 Å². The van der Waals surface area contributed by atoms with Crippen molar-refractivity contribution in [2.45, 2.75) is 38.8 Å². The number of nitrogens with zero attached hydrogens (tertiary/aromatic N) is 1. The molecule has 0 aliphatic heterocycles. The van der Waals surface area contributed by atoms with Gasteiger partial charge in [0.1, 0.15) is 11.9 Å². The summed E-state index contributed by atoms with van der Waals surface area (Å²) in [7, 11) is 4.19. The summed E-state index contributed by atoms with van der Waals surface area (Å²) in [5, 5.41) is 3.54. The maximum absolute atomic E-state index is 6.44. The third kappa shape index (κ3) is 5.89. The molecule has 0 saturated heterocycles. The second kappa shape index (κ2) is 8.20. The van der Waals surface area contributed by atoms with E-state index in [9.17, 15) is 0 Å². The monoisotopic (exact) mass is 326 g/mol. The first-order chi connectivity index (χ1) is 11.3. The summed E-state index contributed by atoms with van der Waals surface area (Å²) in [5.41, 5.74) is 2.24. The highest BCUT2D eigenvalue weighted by atomic mass is 16.5. The van der Waals surface area contributed by atoms with Gasteiger partial charge in [0, 0.05) is 18.5 Å². The van der Waals surface area contributed by atoms with E-state index in [1.807, 2.05) is 24.3 Å². The molecule has 2 rings (SSSR count). The normalized spacial score (nSPS) is 12.9. The van der Waals surface area contributed by atoms with Crippen LogP contribution in [0.15, 0.2) is 54.6 Å². The summed E-state index contributed by atoms with van der Waals surface area (Å²) >= 11 is 0. The molecule has 0 saturated carbocycles. The van der Waals surface area contributed by atoms with E-state index in [4.69, 9.17) is 4.74 Å². The van der Waals surface area contributed by atoms with E-state index in [2.05, 4.69) is 75.4 Å². The van der Waals surface area contributed by atoms with Crippen molar-refractivity contribution in [1.29, 1.82) is 0 Å². The largest absolute Gasteiger partial charge is 0.484 e. The van der Waals surface area contributed by atoms with Crippen molar-refractivity contribution in [2.24, 2.45) is 0 Å². The van der Waals surface area contributed by atoms with Gasteiger partial charge in [-0.25, -0.2) is 0 Å². The molecule has 0 aromatic heterocycles.